The smallest absolute Gasteiger partial charge is 0.0645 e. The first-order valence-corrected chi connectivity index (χ1v) is 6.20. The summed E-state index contributed by atoms with van der Waals surface area (Å²) in [6.45, 7) is 7.44. The Morgan fingerprint density at radius 1 is 1.20 bits per heavy atom. The van der Waals surface area contributed by atoms with Crippen LogP contribution >= 0.6 is 0 Å². The molecule has 0 aromatic rings. The van der Waals surface area contributed by atoms with E-state index in [0.29, 0.717) is 6.04 Å². The van der Waals surface area contributed by atoms with Crippen LogP contribution in [-0.2, 0) is 4.74 Å². The van der Waals surface area contributed by atoms with Gasteiger partial charge in [0.2, 0.25) is 0 Å². The number of nitrogens with two attached hydrogens (primary N) is 1. The molecule has 0 amide bonds. The molecule has 1 heterocycles. The monoisotopic (exact) mass is 212 g/mol. The Morgan fingerprint density at radius 3 is 2.47 bits per heavy atom. The van der Waals surface area contributed by atoms with E-state index in [-0.39, 0.29) is 5.54 Å². The summed E-state index contributed by atoms with van der Waals surface area (Å²) < 4.78 is 5.56. The summed E-state index contributed by atoms with van der Waals surface area (Å²) in [5.74, 6) is 0. The van der Waals surface area contributed by atoms with E-state index < -0.39 is 0 Å². The molecule has 2 fully saturated rings. The van der Waals surface area contributed by atoms with Gasteiger partial charge in [0, 0.05) is 24.2 Å². The van der Waals surface area contributed by atoms with Gasteiger partial charge < -0.3 is 10.5 Å². The van der Waals surface area contributed by atoms with Crippen molar-refractivity contribution in [1.29, 1.82) is 0 Å². The lowest BCUT2D eigenvalue weighted by Gasteiger charge is -2.48. The van der Waals surface area contributed by atoms with Crippen LogP contribution in [-0.4, -0.2) is 42.3 Å². The van der Waals surface area contributed by atoms with E-state index in [9.17, 15) is 0 Å². The summed E-state index contributed by atoms with van der Waals surface area (Å²) >= 11 is 0. The highest BCUT2D eigenvalue weighted by atomic mass is 16.5. The van der Waals surface area contributed by atoms with Gasteiger partial charge in [-0.1, -0.05) is 0 Å². The third-order valence-corrected chi connectivity index (χ3v) is 3.89. The number of hydrogen-bond acceptors (Lipinski definition) is 3. The first-order chi connectivity index (χ1) is 7.09. The lowest BCUT2D eigenvalue weighted by Crippen LogP contribution is -2.58. The quantitative estimate of drug-likeness (QED) is 0.713. The summed E-state index contributed by atoms with van der Waals surface area (Å²) in [7, 11) is 0. The molecule has 1 saturated heterocycles. The number of rotatable bonds is 1. The lowest BCUT2D eigenvalue weighted by atomic mass is 9.87. The SMILES string of the molecule is CC1(C)COCCN1C1CCC(N)CC1. The molecular weight excluding hydrogens is 188 g/mol. The largest absolute Gasteiger partial charge is 0.378 e. The predicted octanol–water partition coefficient (Wildman–Crippen LogP) is 1.37. The highest BCUT2D eigenvalue weighted by molar-refractivity contribution is 4.91. The molecule has 0 spiro atoms. The highest BCUT2D eigenvalue weighted by Gasteiger charge is 2.36. The van der Waals surface area contributed by atoms with E-state index in [2.05, 4.69) is 18.7 Å². The van der Waals surface area contributed by atoms with Crippen molar-refractivity contribution >= 4 is 0 Å². The van der Waals surface area contributed by atoms with E-state index in [1.165, 1.54) is 25.7 Å². The lowest BCUT2D eigenvalue weighted by molar-refractivity contribution is -0.0786. The molecule has 1 aliphatic heterocycles. The third kappa shape index (κ3) is 2.52. The maximum absolute atomic E-state index is 5.95. The van der Waals surface area contributed by atoms with Gasteiger partial charge in [-0.05, 0) is 39.5 Å². The first-order valence-electron chi connectivity index (χ1n) is 6.20. The van der Waals surface area contributed by atoms with Crippen LogP contribution in [0.2, 0.25) is 0 Å². The zero-order valence-corrected chi connectivity index (χ0v) is 10.0. The standard InChI is InChI=1S/C12H24N2O/c1-12(2)9-15-8-7-14(12)11-5-3-10(13)4-6-11/h10-11H,3-9,13H2,1-2H3. The minimum Gasteiger partial charge on any atom is -0.378 e. The molecule has 0 atom stereocenters. The Hall–Kier alpha value is -0.120. The van der Waals surface area contributed by atoms with Crippen molar-refractivity contribution < 1.29 is 4.74 Å². The van der Waals surface area contributed by atoms with Crippen LogP contribution in [0.25, 0.3) is 0 Å². The maximum atomic E-state index is 5.95. The predicted molar refractivity (Wildman–Crippen MR) is 61.8 cm³/mol. The van der Waals surface area contributed by atoms with Gasteiger partial charge in [0.15, 0.2) is 0 Å². The van der Waals surface area contributed by atoms with Gasteiger partial charge >= 0.3 is 0 Å². The van der Waals surface area contributed by atoms with Crippen molar-refractivity contribution in [2.45, 2.75) is 57.2 Å². The van der Waals surface area contributed by atoms with Crippen molar-refractivity contribution in [2.75, 3.05) is 19.8 Å². The fraction of sp³-hybridized carbons (Fsp3) is 1.00. The molecule has 2 N–H and O–H groups in total. The Balaban J connectivity index is 1.96. The second-order valence-electron chi connectivity index (χ2n) is 5.63. The Kier molecular flexibility index (Phi) is 3.33. The van der Waals surface area contributed by atoms with Crippen LogP contribution in [0.5, 0.6) is 0 Å². The van der Waals surface area contributed by atoms with E-state index in [1.807, 2.05) is 0 Å². The van der Waals surface area contributed by atoms with Gasteiger partial charge in [-0.25, -0.2) is 0 Å². The minimum absolute atomic E-state index is 0.213. The first kappa shape index (κ1) is 11.4. The summed E-state index contributed by atoms with van der Waals surface area (Å²) in [5, 5.41) is 0. The average molecular weight is 212 g/mol. The zero-order chi connectivity index (χ0) is 10.9. The van der Waals surface area contributed by atoms with E-state index in [4.69, 9.17) is 10.5 Å². The molecule has 0 aromatic heterocycles. The van der Waals surface area contributed by atoms with Gasteiger partial charge in [-0.15, -0.1) is 0 Å². The molecule has 1 aliphatic carbocycles. The fourth-order valence-corrected chi connectivity index (χ4v) is 2.96. The van der Waals surface area contributed by atoms with E-state index in [1.54, 1.807) is 0 Å². The molecule has 2 aliphatic rings. The average Bonchev–Trinajstić information content (AvgIpc) is 2.19. The van der Waals surface area contributed by atoms with Crippen LogP contribution < -0.4 is 5.73 Å². The number of ether oxygens (including phenoxy) is 1. The second-order valence-corrected chi connectivity index (χ2v) is 5.63. The summed E-state index contributed by atoms with van der Waals surface area (Å²) in [6, 6.07) is 1.19. The van der Waals surface area contributed by atoms with Gasteiger partial charge in [-0.3, -0.25) is 4.90 Å². The zero-order valence-electron chi connectivity index (χ0n) is 10.0. The van der Waals surface area contributed by atoms with E-state index >= 15 is 0 Å². The Morgan fingerprint density at radius 2 is 1.87 bits per heavy atom. The third-order valence-electron chi connectivity index (χ3n) is 3.89. The van der Waals surface area contributed by atoms with Gasteiger partial charge in [0.1, 0.15) is 0 Å². The van der Waals surface area contributed by atoms with Crippen LogP contribution in [0.15, 0.2) is 0 Å². The molecule has 3 heteroatoms. The summed E-state index contributed by atoms with van der Waals surface area (Å²) in [6.07, 6.45) is 4.92. The van der Waals surface area contributed by atoms with E-state index in [0.717, 1.165) is 25.8 Å². The molecule has 0 aromatic carbocycles. The van der Waals surface area contributed by atoms with Gasteiger partial charge in [-0.2, -0.15) is 0 Å². The molecule has 0 radical (unpaired) electrons. The molecule has 0 bridgehead atoms. The maximum Gasteiger partial charge on any atom is 0.0645 e. The summed E-state index contributed by atoms with van der Waals surface area (Å²) in [4.78, 5) is 2.64. The van der Waals surface area contributed by atoms with Crippen LogP contribution in [0.3, 0.4) is 0 Å². The number of hydrogen-bond donors (Lipinski definition) is 1. The molecular formula is C12H24N2O. The molecule has 1 saturated carbocycles. The van der Waals surface area contributed by atoms with Crippen molar-refractivity contribution in [2.24, 2.45) is 5.73 Å². The molecule has 88 valence electrons. The minimum atomic E-state index is 0.213. The van der Waals surface area contributed by atoms with Crippen molar-refractivity contribution in [1.82, 2.24) is 4.90 Å². The second kappa shape index (κ2) is 4.40. The highest BCUT2D eigenvalue weighted by Crippen LogP contribution is 2.29. The number of nitrogens with zero attached hydrogens (tertiary/aromatic N) is 1. The van der Waals surface area contributed by atoms with Crippen LogP contribution in [0.1, 0.15) is 39.5 Å². The van der Waals surface area contributed by atoms with Crippen LogP contribution in [0.4, 0.5) is 0 Å². The topological polar surface area (TPSA) is 38.5 Å². The molecule has 15 heavy (non-hydrogen) atoms. The Labute approximate surface area is 93.0 Å². The normalized spacial score (nSPS) is 37.8. The van der Waals surface area contributed by atoms with Crippen LogP contribution in [0, 0.1) is 0 Å². The van der Waals surface area contributed by atoms with Gasteiger partial charge in [0.05, 0.1) is 13.2 Å². The fourth-order valence-electron chi connectivity index (χ4n) is 2.96. The number of morpholine rings is 1. The van der Waals surface area contributed by atoms with Crippen molar-refractivity contribution in [3.8, 4) is 0 Å². The molecule has 3 nitrogen and oxygen atoms in total. The van der Waals surface area contributed by atoms with Gasteiger partial charge in [0.25, 0.3) is 0 Å². The Bertz CT molecular complexity index is 210. The van der Waals surface area contributed by atoms with Crippen molar-refractivity contribution in [3.63, 3.8) is 0 Å². The summed E-state index contributed by atoms with van der Waals surface area (Å²) in [5.41, 5.74) is 6.16. The molecule has 2 rings (SSSR count). The van der Waals surface area contributed by atoms with Crippen molar-refractivity contribution in [3.05, 3.63) is 0 Å². The molecule has 0 unspecified atom stereocenters.